The van der Waals surface area contributed by atoms with Crippen molar-refractivity contribution in [2.24, 2.45) is 16.3 Å². The summed E-state index contributed by atoms with van der Waals surface area (Å²) < 4.78 is 0. The van der Waals surface area contributed by atoms with Gasteiger partial charge in [-0.15, -0.1) is 6.58 Å². The van der Waals surface area contributed by atoms with Gasteiger partial charge < -0.3 is 0 Å². The van der Waals surface area contributed by atoms with Crippen LogP contribution in [0.15, 0.2) is 17.6 Å². The first-order chi connectivity index (χ1) is 6.91. The van der Waals surface area contributed by atoms with Gasteiger partial charge in [-0.25, -0.2) is 0 Å². The molecule has 1 atom stereocenters. The Balaban J connectivity index is 4.06. The van der Waals surface area contributed by atoms with Gasteiger partial charge >= 0.3 is 0 Å². The summed E-state index contributed by atoms with van der Waals surface area (Å²) in [5.74, 6) is 0.534. The molecule has 0 saturated heterocycles. The highest BCUT2D eigenvalue weighted by atomic mass is 14.8. The average molecular weight is 209 g/mol. The maximum Gasteiger partial charge on any atom is 0.0673 e. The molecule has 0 amide bonds. The molecule has 0 radical (unpaired) electrons. The fourth-order valence-corrected chi connectivity index (χ4v) is 1.25. The van der Waals surface area contributed by atoms with E-state index >= 15 is 0 Å². The highest BCUT2D eigenvalue weighted by molar-refractivity contribution is 5.60. The molecule has 0 spiro atoms. The maximum atomic E-state index is 4.54. The molecule has 0 N–H and O–H groups in total. The molecule has 0 saturated carbocycles. The minimum Gasteiger partial charge on any atom is -0.290 e. The Hall–Kier alpha value is -0.590. The normalized spacial score (nSPS) is 14.8. The minimum atomic E-state index is 0.304. The first kappa shape index (κ1) is 14.4. The van der Waals surface area contributed by atoms with Gasteiger partial charge in [0.25, 0.3) is 0 Å². The van der Waals surface area contributed by atoms with E-state index in [1.165, 1.54) is 12.8 Å². The van der Waals surface area contributed by atoms with Crippen molar-refractivity contribution >= 4 is 6.21 Å². The minimum absolute atomic E-state index is 0.304. The smallest absolute Gasteiger partial charge is 0.0673 e. The van der Waals surface area contributed by atoms with Crippen LogP contribution >= 0.6 is 0 Å². The largest absolute Gasteiger partial charge is 0.290 e. The number of rotatable bonds is 7. The number of hydrogen-bond donors (Lipinski definition) is 0. The predicted molar refractivity (Wildman–Crippen MR) is 70.6 cm³/mol. The SMILES string of the molecule is C=CC(CCC(C)(C)CC)N=CC(C)C. The molecule has 0 aromatic carbocycles. The van der Waals surface area contributed by atoms with Crippen molar-refractivity contribution in [1.82, 2.24) is 0 Å². The summed E-state index contributed by atoms with van der Waals surface area (Å²) in [5.41, 5.74) is 0.439. The molecule has 0 aromatic rings. The van der Waals surface area contributed by atoms with Gasteiger partial charge in [0.05, 0.1) is 6.04 Å². The van der Waals surface area contributed by atoms with Crippen LogP contribution in [0.2, 0.25) is 0 Å². The number of hydrogen-bond acceptors (Lipinski definition) is 1. The Bertz CT molecular complexity index is 201. The van der Waals surface area contributed by atoms with Gasteiger partial charge in [0.1, 0.15) is 0 Å². The van der Waals surface area contributed by atoms with Crippen LogP contribution in [-0.2, 0) is 0 Å². The average Bonchev–Trinajstić information content (AvgIpc) is 2.18. The van der Waals surface area contributed by atoms with Gasteiger partial charge in [-0.1, -0.05) is 47.1 Å². The first-order valence-electron chi connectivity index (χ1n) is 6.07. The molecule has 15 heavy (non-hydrogen) atoms. The summed E-state index contributed by atoms with van der Waals surface area (Å²) in [6, 6.07) is 0.304. The van der Waals surface area contributed by atoms with E-state index in [2.05, 4.69) is 46.2 Å². The van der Waals surface area contributed by atoms with Crippen molar-refractivity contribution in [3.05, 3.63) is 12.7 Å². The molecule has 1 nitrogen and oxygen atoms in total. The Morgan fingerprint density at radius 2 is 1.93 bits per heavy atom. The van der Waals surface area contributed by atoms with Crippen molar-refractivity contribution in [1.29, 1.82) is 0 Å². The Labute approximate surface area is 95.7 Å². The Morgan fingerprint density at radius 1 is 1.33 bits per heavy atom. The third kappa shape index (κ3) is 7.35. The molecule has 88 valence electrons. The molecule has 0 aliphatic carbocycles. The Kier molecular flexibility index (Phi) is 6.55. The van der Waals surface area contributed by atoms with Crippen LogP contribution in [0.1, 0.15) is 53.9 Å². The molecule has 0 aliphatic heterocycles. The van der Waals surface area contributed by atoms with Crippen LogP contribution < -0.4 is 0 Å². The van der Waals surface area contributed by atoms with Crippen molar-refractivity contribution in [2.75, 3.05) is 0 Å². The van der Waals surface area contributed by atoms with Crippen LogP contribution in [0.5, 0.6) is 0 Å². The molecular formula is C14H27N. The van der Waals surface area contributed by atoms with Crippen LogP contribution in [0.3, 0.4) is 0 Å². The number of aliphatic imine (C=N–C) groups is 1. The standard InChI is InChI=1S/C14H27N/c1-7-13(15-11-12(3)4)9-10-14(5,6)8-2/h7,11-13H,1,8-10H2,2-6H3. The highest BCUT2D eigenvalue weighted by Crippen LogP contribution is 2.27. The summed E-state index contributed by atoms with van der Waals surface area (Å²) in [5, 5.41) is 0. The quantitative estimate of drug-likeness (QED) is 0.433. The lowest BCUT2D eigenvalue weighted by Crippen LogP contribution is -2.13. The zero-order chi connectivity index (χ0) is 11.9. The summed E-state index contributed by atoms with van der Waals surface area (Å²) in [4.78, 5) is 4.54. The molecule has 0 heterocycles. The summed E-state index contributed by atoms with van der Waals surface area (Å²) in [6.07, 6.45) is 7.56. The summed E-state index contributed by atoms with van der Waals surface area (Å²) in [7, 11) is 0. The van der Waals surface area contributed by atoms with Gasteiger partial charge in [0, 0.05) is 6.21 Å². The van der Waals surface area contributed by atoms with Gasteiger partial charge in [0.2, 0.25) is 0 Å². The third-order valence-corrected chi connectivity index (χ3v) is 2.92. The summed E-state index contributed by atoms with van der Waals surface area (Å²) >= 11 is 0. The van der Waals surface area contributed by atoms with E-state index in [4.69, 9.17) is 0 Å². The van der Waals surface area contributed by atoms with E-state index in [0.717, 1.165) is 6.42 Å². The molecule has 0 aromatic heterocycles. The summed E-state index contributed by atoms with van der Waals surface area (Å²) in [6.45, 7) is 15.0. The van der Waals surface area contributed by atoms with E-state index in [1.54, 1.807) is 0 Å². The van der Waals surface area contributed by atoms with Crippen LogP contribution in [0, 0.1) is 11.3 Å². The number of nitrogens with zero attached hydrogens (tertiary/aromatic N) is 1. The molecule has 1 unspecified atom stereocenters. The van der Waals surface area contributed by atoms with Gasteiger partial charge in [-0.2, -0.15) is 0 Å². The second-order valence-corrected chi connectivity index (χ2v) is 5.40. The monoisotopic (exact) mass is 209 g/mol. The fourth-order valence-electron chi connectivity index (χ4n) is 1.25. The van der Waals surface area contributed by atoms with E-state index in [-0.39, 0.29) is 0 Å². The van der Waals surface area contributed by atoms with Crippen LogP contribution in [0.25, 0.3) is 0 Å². The van der Waals surface area contributed by atoms with Crippen molar-refractivity contribution in [3.63, 3.8) is 0 Å². The van der Waals surface area contributed by atoms with Crippen molar-refractivity contribution in [2.45, 2.75) is 59.9 Å². The molecule has 1 heteroatoms. The van der Waals surface area contributed by atoms with Crippen molar-refractivity contribution in [3.8, 4) is 0 Å². The van der Waals surface area contributed by atoms with Crippen molar-refractivity contribution < 1.29 is 0 Å². The highest BCUT2D eigenvalue weighted by Gasteiger charge is 2.16. The lowest BCUT2D eigenvalue weighted by Gasteiger charge is -2.23. The second-order valence-electron chi connectivity index (χ2n) is 5.40. The molecule has 0 aliphatic rings. The Morgan fingerprint density at radius 3 is 2.33 bits per heavy atom. The van der Waals surface area contributed by atoms with E-state index in [1.807, 2.05) is 12.3 Å². The van der Waals surface area contributed by atoms with E-state index in [9.17, 15) is 0 Å². The predicted octanol–water partition coefficient (Wildman–Crippen LogP) is 4.48. The fraction of sp³-hybridized carbons (Fsp3) is 0.786. The van der Waals surface area contributed by atoms with Gasteiger partial charge in [-0.3, -0.25) is 4.99 Å². The first-order valence-corrected chi connectivity index (χ1v) is 6.07. The lowest BCUT2D eigenvalue weighted by molar-refractivity contribution is 0.308. The van der Waals surface area contributed by atoms with E-state index < -0.39 is 0 Å². The van der Waals surface area contributed by atoms with E-state index in [0.29, 0.717) is 17.4 Å². The molecule has 0 fully saturated rings. The topological polar surface area (TPSA) is 12.4 Å². The third-order valence-electron chi connectivity index (χ3n) is 2.92. The maximum absolute atomic E-state index is 4.54. The molecule has 0 rings (SSSR count). The molecule has 0 bridgehead atoms. The van der Waals surface area contributed by atoms with Gasteiger partial charge in [-0.05, 0) is 24.2 Å². The second kappa shape index (κ2) is 6.81. The van der Waals surface area contributed by atoms with Crippen LogP contribution in [-0.4, -0.2) is 12.3 Å². The molecular weight excluding hydrogens is 182 g/mol. The zero-order valence-electron chi connectivity index (χ0n) is 11.1. The van der Waals surface area contributed by atoms with Crippen LogP contribution in [0.4, 0.5) is 0 Å². The lowest BCUT2D eigenvalue weighted by atomic mass is 9.84. The van der Waals surface area contributed by atoms with Gasteiger partial charge in [0.15, 0.2) is 0 Å². The zero-order valence-corrected chi connectivity index (χ0v) is 11.1.